The van der Waals surface area contributed by atoms with E-state index in [-0.39, 0.29) is 5.92 Å². The summed E-state index contributed by atoms with van der Waals surface area (Å²) in [6.45, 7) is 10.8. The molecule has 0 aromatic rings. The van der Waals surface area contributed by atoms with Gasteiger partial charge in [-0.25, -0.2) is 0 Å². The number of hydrogen-bond donors (Lipinski definition) is 2. The van der Waals surface area contributed by atoms with Gasteiger partial charge in [-0.15, -0.1) is 0 Å². The highest BCUT2D eigenvalue weighted by Crippen LogP contribution is 2.35. The minimum absolute atomic E-state index is 0.236. The quantitative estimate of drug-likeness (QED) is 0.685. The molecule has 0 aliphatic heterocycles. The van der Waals surface area contributed by atoms with Gasteiger partial charge in [0.2, 0.25) is 0 Å². The van der Waals surface area contributed by atoms with Gasteiger partial charge in [-0.3, -0.25) is 0 Å². The van der Waals surface area contributed by atoms with Crippen molar-refractivity contribution >= 4 is 0 Å². The molecule has 1 unspecified atom stereocenters. The van der Waals surface area contributed by atoms with E-state index < -0.39 is 5.66 Å². The Hall–Kier alpha value is -0.600. The average molecular weight is 208 g/mol. The predicted octanol–water partition coefficient (Wildman–Crippen LogP) is 2.41. The molecule has 0 aromatic heterocycles. The molecule has 2 heteroatoms. The topological polar surface area (TPSA) is 52.0 Å². The van der Waals surface area contributed by atoms with Gasteiger partial charge in [0.1, 0.15) is 0 Å². The molecule has 0 heterocycles. The molecule has 15 heavy (non-hydrogen) atoms. The zero-order valence-electron chi connectivity index (χ0n) is 10.5. The summed E-state index contributed by atoms with van der Waals surface area (Å²) < 4.78 is 0. The van der Waals surface area contributed by atoms with Crippen molar-refractivity contribution in [1.82, 2.24) is 0 Å². The molecule has 1 atom stereocenters. The van der Waals surface area contributed by atoms with Gasteiger partial charge in [-0.05, 0) is 24.3 Å². The van der Waals surface area contributed by atoms with Crippen LogP contribution in [0.4, 0.5) is 0 Å². The zero-order chi connectivity index (χ0) is 11.8. The summed E-state index contributed by atoms with van der Waals surface area (Å²) in [5, 5.41) is 0. The van der Waals surface area contributed by atoms with Crippen molar-refractivity contribution in [3.8, 4) is 0 Å². The maximum Gasteiger partial charge on any atom is 0.0931 e. The number of allylic oxidation sites excluding steroid dienone is 2. The first-order chi connectivity index (χ1) is 6.76. The first-order valence-electron chi connectivity index (χ1n) is 5.75. The SMILES string of the molecule is CC1=CC(C(C)C)C(N)(N)C(C(C)C)=C1. The van der Waals surface area contributed by atoms with Gasteiger partial charge < -0.3 is 11.5 Å². The van der Waals surface area contributed by atoms with E-state index in [1.165, 1.54) is 11.1 Å². The Kier molecular flexibility index (Phi) is 3.41. The van der Waals surface area contributed by atoms with Gasteiger partial charge in [0.25, 0.3) is 0 Å². The molecule has 0 saturated carbocycles. The molecule has 4 N–H and O–H groups in total. The highest BCUT2D eigenvalue weighted by Gasteiger charge is 2.38. The van der Waals surface area contributed by atoms with Crippen LogP contribution in [-0.2, 0) is 0 Å². The lowest BCUT2D eigenvalue weighted by atomic mass is 9.72. The minimum atomic E-state index is -0.679. The van der Waals surface area contributed by atoms with Crippen LogP contribution in [0.3, 0.4) is 0 Å². The van der Waals surface area contributed by atoms with Crippen LogP contribution in [0, 0.1) is 17.8 Å². The molecule has 2 nitrogen and oxygen atoms in total. The third-order valence-corrected chi connectivity index (χ3v) is 3.22. The van der Waals surface area contributed by atoms with E-state index in [9.17, 15) is 0 Å². The van der Waals surface area contributed by atoms with Crippen LogP contribution in [-0.4, -0.2) is 5.66 Å². The van der Waals surface area contributed by atoms with Gasteiger partial charge >= 0.3 is 0 Å². The lowest BCUT2D eigenvalue weighted by Gasteiger charge is -2.41. The maximum absolute atomic E-state index is 6.30. The summed E-state index contributed by atoms with van der Waals surface area (Å²) in [5.41, 5.74) is 14.4. The molecule has 0 fully saturated rings. The Bertz CT molecular complexity index is 296. The van der Waals surface area contributed by atoms with E-state index in [1.807, 2.05) is 0 Å². The molecule has 0 aromatic carbocycles. The van der Waals surface area contributed by atoms with Gasteiger partial charge in [-0.2, -0.15) is 0 Å². The fourth-order valence-corrected chi connectivity index (χ4v) is 2.44. The van der Waals surface area contributed by atoms with Gasteiger partial charge in [0.05, 0.1) is 5.66 Å². The van der Waals surface area contributed by atoms with Crippen molar-refractivity contribution in [2.24, 2.45) is 29.2 Å². The monoisotopic (exact) mass is 208 g/mol. The summed E-state index contributed by atoms with van der Waals surface area (Å²) >= 11 is 0. The van der Waals surface area contributed by atoms with E-state index in [0.29, 0.717) is 11.8 Å². The van der Waals surface area contributed by atoms with Crippen LogP contribution in [0.5, 0.6) is 0 Å². The van der Waals surface area contributed by atoms with Crippen LogP contribution in [0.15, 0.2) is 23.3 Å². The predicted molar refractivity (Wildman–Crippen MR) is 66.1 cm³/mol. The summed E-state index contributed by atoms with van der Waals surface area (Å²) in [4.78, 5) is 0. The van der Waals surface area contributed by atoms with Crippen molar-refractivity contribution in [1.29, 1.82) is 0 Å². The lowest BCUT2D eigenvalue weighted by Crippen LogP contribution is -2.60. The van der Waals surface area contributed by atoms with E-state index in [4.69, 9.17) is 11.5 Å². The molecule has 0 spiro atoms. The molecule has 1 rings (SSSR count). The summed E-state index contributed by atoms with van der Waals surface area (Å²) in [6.07, 6.45) is 4.35. The van der Waals surface area contributed by atoms with Crippen molar-refractivity contribution < 1.29 is 0 Å². The third kappa shape index (κ3) is 2.32. The van der Waals surface area contributed by atoms with Gasteiger partial charge in [-0.1, -0.05) is 45.4 Å². The van der Waals surface area contributed by atoms with Crippen LogP contribution < -0.4 is 11.5 Å². The second kappa shape index (κ2) is 4.11. The lowest BCUT2D eigenvalue weighted by molar-refractivity contribution is 0.283. The summed E-state index contributed by atoms with van der Waals surface area (Å²) in [7, 11) is 0. The normalized spacial score (nSPS) is 25.5. The van der Waals surface area contributed by atoms with Crippen molar-refractivity contribution in [3.05, 3.63) is 23.3 Å². The number of rotatable bonds is 2. The first-order valence-corrected chi connectivity index (χ1v) is 5.75. The smallest absolute Gasteiger partial charge is 0.0931 e. The standard InChI is InChI=1S/C13H24N2/c1-8(2)11-6-10(5)7-12(9(3)4)13(11,14)15/h6-9,11H,14-15H2,1-5H3. The third-order valence-electron chi connectivity index (χ3n) is 3.22. The van der Waals surface area contributed by atoms with Crippen LogP contribution in [0.25, 0.3) is 0 Å². The largest absolute Gasteiger partial charge is 0.309 e. The first kappa shape index (κ1) is 12.5. The summed E-state index contributed by atoms with van der Waals surface area (Å²) in [6, 6.07) is 0. The van der Waals surface area contributed by atoms with Crippen LogP contribution in [0.1, 0.15) is 34.6 Å². The number of nitrogens with two attached hydrogens (primary N) is 2. The molecule has 0 amide bonds. The maximum atomic E-state index is 6.30. The molecule has 86 valence electrons. The Morgan fingerprint density at radius 1 is 1.20 bits per heavy atom. The van der Waals surface area contributed by atoms with E-state index in [1.54, 1.807) is 0 Å². The van der Waals surface area contributed by atoms with E-state index in [0.717, 1.165) is 0 Å². The van der Waals surface area contributed by atoms with E-state index in [2.05, 4.69) is 46.8 Å². The minimum Gasteiger partial charge on any atom is -0.309 e. The van der Waals surface area contributed by atoms with Crippen molar-refractivity contribution in [2.45, 2.75) is 40.3 Å². The molecule has 1 aliphatic carbocycles. The second-order valence-electron chi connectivity index (χ2n) is 5.37. The van der Waals surface area contributed by atoms with Gasteiger partial charge in [0, 0.05) is 5.92 Å². The molecule has 1 aliphatic rings. The fourth-order valence-electron chi connectivity index (χ4n) is 2.44. The summed E-state index contributed by atoms with van der Waals surface area (Å²) in [5.74, 6) is 1.11. The molecule has 0 bridgehead atoms. The van der Waals surface area contributed by atoms with E-state index >= 15 is 0 Å². The Balaban J connectivity index is 3.14. The fraction of sp³-hybridized carbons (Fsp3) is 0.692. The second-order valence-corrected chi connectivity index (χ2v) is 5.37. The Morgan fingerprint density at radius 3 is 2.13 bits per heavy atom. The van der Waals surface area contributed by atoms with Crippen LogP contribution in [0.2, 0.25) is 0 Å². The molecule has 0 radical (unpaired) electrons. The number of hydrogen-bond acceptors (Lipinski definition) is 2. The van der Waals surface area contributed by atoms with Crippen molar-refractivity contribution in [2.75, 3.05) is 0 Å². The van der Waals surface area contributed by atoms with Crippen LogP contribution >= 0.6 is 0 Å². The van der Waals surface area contributed by atoms with Gasteiger partial charge in [0.15, 0.2) is 0 Å². The average Bonchev–Trinajstić information content (AvgIpc) is 2.07. The Labute approximate surface area is 93.4 Å². The van der Waals surface area contributed by atoms with Crippen molar-refractivity contribution in [3.63, 3.8) is 0 Å². The zero-order valence-corrected chi connectivity index (χ0v) is 10.5. The molecular formula is C13H24N2. The molecular weight excluding hydrogens is 184 g/mol. The highest BCUT2D eigenvalue weighted by molar-refractivity contribution is 5.37. The highest BCUT2D eigenvalue weighted by atomic mass is 15.0. The Morgan fingerprint density at radius 2 is 1.73 bits per heavy atom. The molecule has 0 saturated heterocycles.